The fourth-order valence-corrected chi connectivity index (χ4v) is 2.37. The van der Waals surface area contributed by atoms with Crippen LogP contribution >= 0.6 is 0 Å². The van der Waals surface area contributed by atoms with Crippen LogP contribution in [-0.4, -0.2) is 28.0 Å². The van der Waals surface area contributed by atoms with Crippen LogP contribution in [0, 0.1) is 11.6 Å². The molecule has 24 heavy (non-hydrogen) atoms. The minimum absolute atomic E-state index is 0.0165. The van der Waals surface area contributed by atoms with Crippen LogP contribution in [0.15, 0.2) is 41.2 Å². The molecule has 3 rings (SSSR count). The third-order valence-corrected chi connectivity index (χ3v) is 3.44. The van der Waals surface area contributed by atoms with Crippen molar-refractivity contribution in [2.24, 2.45) is 0 Å². The summed E-state index contributed by atoms with van der Waals surface area (Å²) in [6.07, 6.45) is 0. The molecule has 0 amide bonds. The normalized spacial score (nSPS) is 10.8. The average Bonchev–Trinajstić information content (AvgIpc) is 2.57. The van der Waals surface area contributed by atoms with Gasteiger partial charge in [-0.15, -0.1) is 0 Å². The molecule has 0 aliphatic rings. The van der Waals surface area contributed by atoms with Gasteiger partial charge < -0.3 is 9.84 Å². The highest BCUT2D eigenvalue weighted by Crippen LogP contribution is 2.24. The molecule has 1 aromatic heterocycles. The van der Waals surface area contributed by atoms with E-state index in [1.165, 1.54) is 25.3 Å². The molecule has 3 aromatic rings. The van der Waals surface area contributed by atoms with Crippen LogP contribution in [0.5, 0.6) is 5.75 Å². The molecule has 6 nitrogen and oxygen atoms in total. The predicted octanol–water partition coefficient (Wildman–Crippen LogP) is 2.37. The Balaban J connectivity index is 2.47. The number of hydrogen-bond acceptors (Lipinski definition) is 4. The van der Waals surface area contributed by atoms with Crippen LogP contribution in [0.2, 0.25) is 0 Å². The molecule has 0 saturated carbocycles. The lowest BCUT2D eigenvalue weighted by molar-refractivity contribution is 0.0687. The lowest BCUT2D eigenvalue weighted by Gasteiger charge is -2.13. The second kappa shape index (κ2) is 5.73. The lowest BCUT2D eigenvalue weighted by atomic mass is 10.1. The van der Waals surface area contributed by atoms with Crippen molar-refractivity contribution < 1.29 is 23.4 Å². The van der Waals surface area contributed by atoms with E-state index in [9.17, 15) is 23.5 Å². The van der Waals surface area contributed by atoms with Crippen molar-refractivity contribution in [1.29, 1.82) is 0 Å². The van der Waals surface area contributed by atoms with Crippen molar-refractivity contribution in [2.45, 2.75) is 0 Å². The summed E-state index contributed by atoms with van der Waals surface area (Å²) in [4.78, 5) is 23.7. The summed E-state index contributed by atoms with van der Waals surface area (Å²) in [5, 5.41) is 13.0. The van der Waals surface area contributed by atoms with E-state index in [2.05, 4.69) is 5.10 Å². The Morgan fingerprint density at radius 1 is 1.21 bits per heavy atom. The van der Waals surface area contributed by atoms with Crippen molar-refractivity contribution in [2.75, 3.05) is 7.11 Å². The highest BCUT2D eigenvalue weighted by molar-refractivity contribution is 5.93. The zero-order valence-corrected chi connectivity index (χ0v) is 12.3. The number of carboxylic acids is 1. The van der Waals surface area contributed by atoms with Crippen molar-refractivity contribution in [3.63, 3.8) is 0 Å². The molecule has 0 spiro atoms. The van der Waals surface area contributed by atoms with Crippen LogP contribution in [0.25, 0.3) is 16.6 Å². The SMILES string of the molecule is COc1cccc2c1c(=O)c(C(=O)O)nn2-c1ccc(F)c(F)c1. The number of aromatic carboxylic acids is 1. The van der Waals surface area contributed by atoms with E-state index < -0.39 is 28.7 Å². The minimum Gasteiger partial charge on any atom is -0.496 e. The van der Waals surface area contributed by atoms with E-state index in [1.807, 2.05) is 0 Å². The standard InChI is InChI=1S/C16H10F2N2O4/c1-24-12-4-2-3-11-13(12)15(21)14(16(22)23)19-20(11)8-5-6-9(17)10(18)7-8/h2-7H,1H3,(H,22,23). The highest BCUT2D eigenvalue weighted by Gasteiger charge is 2.20. The van der Waals surface area contributed by atoms with Gasteiger partial charge in [-0.25, -0.2) is 18.3 Å². The number of halogens is 2. The minimum atomic E-state index is -1.54. The Bertz CT molecular complexity index is 1030. The molecule has 0 radical (unpaired) electrons. The number of fused-ring (bicyclic) bond motifs is 1. The number of hydrogen-bond donors (Lipinski definition) is 1. The third-order valence-electron chi connectivity index (χ3n) is 3.44. The third kappa shape index (κ3) is 2.37. The summed E-state index contributed by atoms with van der Waals surface area (Å²) in [5.74, 6) is -3.57. The van der Waals surface area contributed by atoms with E-state index in [0.717, 1.165) is 16.8 Å². The molecule has 8 heteroatoms. The van der Waals surface area contributed by atoms with Crippen molar-refractivity contribution in [1.82, 2.24) is 9.78 Å². The molecule has 0 atom stereocenters. The zero-order valence-electron chi connectivity index (χ0n) is 12.3. The van der Waals surface area contributed by atoms with Gasteiger partial charge >= 0.3 is 5.97 Å². The fourth-order valence-electron chi connectivity index (χ4n) is 2.37. The highest BCUT2D eigenvalue weighted by atomic mass is 19.2. The predicted molar refractivity (Wildman–Crippen MR) is 80.8 cm³/mol. The largest absolute Gasteiger partial charge is 0.496 e. The number of carbonyl (C=O) groups is 1. The van der Waals surface area contributed by atoms with Crippen LogP contribution in [0.3, 0.4) is 0 Å². The van der Waals surface area contributed by atoms with Gasteiger partial charge in [-0.1, -0.05) is 6.07 Å². The Hall–Kier alpha value is -3.29. The van der Waals surface area contributed by atoms with Crippen LogP contribution in [-0.2, 0) is 0 Å². The Morgan fingerprint density at radius 2 is 1.96 bits per heavy atom. The van der Waals surface area contributed by atoms with Gasteiger partial charge in [-0.05, 0) is 24.3 Å². The smallest absolute Gasteiger partial charge is 0.360 e. The number of benzene rings is 2. The van der Waals surface area contributed by atoms with E-state index in [4.69, 9.17) is 4.74 Å². The summed E-state index contributed by atoms with van der Waals surface area (Å²) >= 11 is 0. The van der Waals surface area contributed by atoms with Crippen LogP contribution in [0.4, 0.5) is 8.78 Å². The fraction of sp³-hybridized carbons (Fsp3) is 0.0625. The van der Waals surface area contributed by atoms with E-state index in [1.54, 1.807) is 6.07 Å². The first kappa shape index (κ1) is 15.6. The van der Waals surface area contributed by atoms with Gasteiger partial charge in [-0.3, -0.25) is 4.79 Å². The second-order valence-corrected chi connectivity index (χ2v) is 4.85. The first-order chi connectivity index (χ1) is 11.4. The van der Waals surface area contributed by atoms with Crippen LogP contribution in [0.1, 0.15) is 10.5 Å². The average molecular weight is 332 g/mol. The van der Waals surface area contributed by atoms with Gasteiger partial charge in [0.05, 0.1) is 23.7 Å². The van der Waals surface area contributed by atoms with Gasteiger partial charge in [-0.2, -0.15) is 5.10 Å². The van der Waals surface area contributed by atoms with Gasteiger partial charge in [0.15, 0.2) is 11.6 Å². The van der Waals surface area contributed by atoms with Crippen molar-refractivity contribution in [3.05, 3.63) is 63.9 Å². The Kier molecular flexibility index (Phi) is 3.72. The maximum Gasteiger partial charge on any atom is 0.360 e. The molecule has 1 N–H and O–H groups in total. The first-order valence-corrected chi connectivity index (χ1v) is 6.73. The maximum atomic E-state index is 13.5. The summed E-state index contributed by atoms with van der Waals surface area (Å²) in [6.45, 7) is 0. The molecule has 1 heterocycles. The number of ether oxygens (including phenoxy) is 1. The first-order valence-electron chi connectivity index (χ1n) is 6.73. The van der Waals surface area contributed by atoms with Crippen molar-refractivity contribution in [3.8, 4) is 11.4 Å². The zero-order chi connectivity index (χ0) is 17.4. The number of methoxy groups -OCH3 is 1. The molecule has 0 bridgehead atoms. The molecule has 0 unspecified atom stereocenters. The Labute approximate surface area is 133 Å². The topological polar surface area (TPSA) is 81.4 Å². The molecule has 0 aliphatic carbocycles. The van der Waals surface area contributed by atoms with Gasteiger partial charge in [0.25, 0.3) is 0 Å². The van der Waals surface area contributed by atoms with Crippen molar-refractivity contribution >= 4 is 16.9 Å². The van der Waals surface area contributed by atoms with E-state index in [-0.39, 0.29) is 22.3 Å². The number of rotatable bonds is 3. The second-order valence-electron chi connectivity index (χ2n) is 4.85. The summed E-state index contributed by atoms with van der Waals surface area (Å²) in [7, 11) is 1.33. The Morgan fingerprint density at radius 3 is 2.58 bits per heavy atom. The quantitative estimate of drug-likeness (QED) is 0.796. The van der Waals surface area contributed by atoms with Gasteiger partial charge in [0.1, 0.15) is 5.75 Å². The maximum absolute atomic E-state index is 13.5. The van der Waals surface area contributed by atoms with E-state index >= 15 is 0 Å². The lowest BCUT2D eigenvalue weighted by Crippen LogP contribution is -2.22. The summed E-state index contributed by atoms with van der Waals surface area (Å²) in [6, 6.07) is 7.53. The molecular formula is C16H10F2N2O4. The summed E-state index contributed by atoms with van der Waals surface area (Å²) in [5.41, 5.74) is -1.31. The molecule has 0 fully saturated rings. The molecule has 122 valence electrons. The van der Waals surface area contributed by atoms with Crippen LogP contribution < -0.4 is 10.2 Å². The van der Waals surface area contributed by atoms with Gasteiger partial charge in [0, 0.05) is 6.07 Å². The number of aromatic nitrogens is 2. The molecule has 2 aromatic carbocycles. The number of carboxylic acid groups (broad SMARTS) is 1. The monoisotopic (exact) mass is 332 g/mol. The number of nitrogens with zero attached hydrogens (tertiary/aromatic N) is 2. The summed E-state index contributed by atoms with van der Waals surface area (Å²) < 4.78 is 32.8. The van der Waals surface area contributed by atoms with Gasteiger partial charge in [0.2, 0.25) is 11.1 Å². The molecule has 0 aliphatic heterocycles. The molecular weight excluding hydrogens is 322 g/mol. The molecule has 0 saturated heterocycles. The van der Waals surface area contributed by atoms with E-state index in [0.29, 0.717) is 0 Å².